The van der Waals surface area contributed by atoms with Gasteiger partial charge >= 0.3 is 11.9 Å². The van der Waals surface area contributed by atoms with E-state index in [1.807, 2.05) is 0 Å². The summed E-state index contributed by atoms with van der Waals surface area (Å²) in [5.74, 6) is -0.0749. The lowest BCUT2D eigenvalue weighted by Crippen LogP contribution is -2.42. The Labute approximate surface area is 293 Å². The second kappa shape index (κ2) is 34.7. The second-order valence-electron chi connectivity index (χ2n) is 14.6. The van der Waals surface area contributed by atoms with Crippen LogP contribution in [0.2, 0.25) is 0 Å². The van der Waals surface area contributed by atoms with Gasteiger partial charge in [-0.2, -0.15) is 0 Å². The molecule has 0 aliphatic heterocycles. The number of nitrogens with zero attached hydrogens (tertiary/aromatic N) is 2. The van der Waals surface area contributed by atoms with E-state index >= 15 is 0 Å². The first-order valence-corrected chi connectivity index (χ1v) is 20.6. The van der Waals surface area contributed by atoms with E-state index in [2.05, 4.69) is 51.6 Å². The van der Waals surface area contributed by atoms with Gasteiger partial charge in [0.15, 0.2) is 0 Å². The molecule has 0 aromatic rings. The lowest BCUT2D eigenvalue weighted by molar-refractivity contribution is -0.152. The number of esters is 2. The molecule has 0 heterocycles. The van der Waals surface area contributed by atoms with Crippen molar-refractivity contribution in [2.24, 2.45) is 0 Å². The van der Waals surface area contributed by atoms with Gasteiger partial charge in [0.25, 0.3) is 0 Å². The Morgan fingerprint density at radius 3 is 1.15 bits per heavy atom. The first-order chi connectivity index (χ1) is 22.9. The third kappa shape index (κ3) is 31.9. The summed E-state index contributed by atoms with van der Waals surface area (Å²) in [7, 11) is 4.24. The van der Waals surface area contributed by atoms with Gasteiger partial charge in [-0.3, -0.25) is 14.5 Å². The van der Waals surface area contributed by atoms with Crippen molar-refractivity contribution < 1.29 is 19.1 Å². The molecule has 0 radical (unpaired) electrons. The van der Waals surface area contributed by atoms with Crippen molar-refractivity contribution in [2.75, 3.05) is 40.3 Å². The molecule has 2 atom stereocenters. The summed E-state index contributed by atoms with van der Waals surface area (Å²) in [6.45, 7) is 12.3. The lowest BCUT2D eigenvalue weighted by atomic mass is 10.1. The molecule has 0 saturated heterocycles. The average molecular weight is 667 g/mol. The van der Waals surface area contributed by atoms with Gasteiger partial charge in [-0.15, -0.1) is 0 Å². The van der Waals surface area contributed by atoms with Crippen LogP contribution in [0.1, 0.15) is 201 Å². The molecule has 0 aliphatic rings. The standard InChI is InChI=1S/C41H82N2O4/c1-7-11-15-19-21-23-27-32-40(44)46-38(30-25-17-13-9-3)36-43(35-29-34-42(5)6)37-39(31-26-18-14-10-4)47-41(45)33-28-24-22-20-16-12-8-2/h38-39H,7-37H2,1-6H3. The summed E-state index contributed by atoms with van der Waals surface area (Å²) in [5, 5.41) is 0. The van der Waals surface area contributed by atoms with E-state index in [9.17, 15) is 9.59 Å². The van der Waals surface area contributed by atoms with Crippen LogP contribution < -0.4 is 0 Å². The molecule has 0 aromatic heterocycles. The van der Waals surface area contributed by atoms with Crippen LogP contribution in [0.3, 0.4) is 0 Å². The maximum atomic E-state index is 13.0. The smallest absolute Gasteiger partial charge is 0.306 e. The van der Waals surface area contributed by atoms with Gasteiger partial charge in [-0.25, -0.2) is 0 Å². The van der Waals surface area contributed by atoms with Gasteiger partial charge in [-0.05, 0) is 72.1 Å². The Morgan fingerprint density at radius 2 is 0.787 bits per heavy atom. The minimum Gasteiger partial charge on any atom is -0.461 e. The fraction of sp³-hybridized carbons (Fsp3) is 0.951. The summed E-state index contributed by atoms with van der Waals surface area (Å²) < 4.78 is 12.4. The number of unbranched alkanes of at least 4 members (excludes halogenated alkanes) is 18. The highest BCUT2D eigenvalue weighted by Crippen LogP contribution is 2.17. The van der Waals surface area contributed by atoms with Crippen molar-refractivity contribution in [1.82, 2.24) is 9.80 Å². The van der Waals surface area contributed by atoms with Crippen molar-refractivity contribution in [3.63, 3.8) is 0 Å². The maximum Gasteiger partial charge on any atom is 0.306 e. The third-order valence-electron chi connectivity index (χ3n) is 9.33. The lowest BCUT2D eigenvalue weighted by Gasteiger charge is -2.31. The zero-order valence-corrected chi connectivity index (χ0v) is 32.6. The predicted octanol–water partition coefficient (Wildman–Crippen LogP) is 11.3. The first-order valence-electron chi connectivity index (χ1n) is 20.6. The van der Waals surface area contributed by atoms with Crippen LogP contribution in [0, 0.1) is 0 Å². The van der Waals surface area contributed by atoms with Gasteiger partial charge in [0.05, 0.1) is 0 Å². The number of carbonyl (C=O) groups excluding carboxylic acids is 2. The quantitative estimate of drug-likeness (QED) is 0.0490. The molecule has 0 aromatic carbocycles. The van der Waals surface area contributed by atoms with Crippen molar-refractivity contribution in [1.29, 1.82) is 0 Å². The van der Waals surface area contributed by atoms with Crippen LogP contribution in [0.5, 0.6) is 0 Å². The van der Waals surface area contributed by atoms with E-state index in [4.69, 9.17) is 9.47 Å². The summed E-state index contributed by atoms with van der Waals surface area (Å²) >= 11 is 0. The van der Waals surface area contributed by atoms with Gasteiger partial charge in [0, 0.05) is 25.9 Å². The Kier molecular flexibility index (Phi) is 33.9. The highest BCUT2D eigenvalue weighted by atomic mass is 16.5. The molecular formula is C41H82N2O4. The van der Waals surface area contributed by atoms with Crippen LogP contribution in [-0.4, -0.2) is 74.2 Å². The molecule has 0 fully saturated rings. The van der Waals surface area contributed by atoms with Crippen molar-refractivity contribution in [3.8, 4) is 0 Å². The molecule has 280 valence electrons. The topological polar surface area (TPSA) is 59.1 Å². The summed E-state index contributed by atoms with van der Waals surface area (Å²) in [6, 6.07) is 0. The molecule has 0 N–H and O–H groups in total. The highest BCUT2D eigenvalue weighted by molar-refractivity contribution is 5.69. The number of rotatable bonds is 36. The molecule has 0 bridgehead atoms. The first kappa shape index (κ1) is 45.9. The van der Waals surface area contributed by atoms with Gasteiger partial charge in [0.1, 0.15) is 12.2 Å². The second-order valence-corrected chi connectivity index (χ2v) is 14.6. The molecule has 47 heavy (non-hydrogen) atoms. The monoisotopic (exact) mass is 667 g/mol. The van der Waals surface area contributed by atoms with Gasteiger partial charge < -0.3 is 14.4 Å². The number of hydrogen-bond donors (Lipinski definition) is 0. The Hall–Kier alpha value is -1.14. The molecule has 2 unspecified atom stereocenters. The number of carbonyl (C=O) groups is 2. The van der Waals surface area contributed by atoms with Gasteiger partial charge in [-0.1, -0.05) is 143 Å². The van der Waals surface area contributed by atoms with E-state index in [0.717, 1.165) is 84.0 Å². The summed E-state index contributed by atoms with van der Waals surface area (Å²) in [6.07, 6.45) is 29.9. The average Bonchev–Trinajstić information content (AvgIpc) is 3.03. The molecule has 6 heteroatoms. The van der Waals surface area contributed by atoms with Crippen molar-refractivity contribution in [3.05, 3.63) is 0 Å². The zero-order chi connectivity index (χ0) is 34.8. The van der Waals surface area contributed by atoms with Crippen LogP contribution >= 0.6 is 0 Å². The van der Waals surface area contributed by atoms with Crippen LogP contribution in [0.4, 0.5) is 0 Å². The molecule has 0 aliphatic carbocycles. The van der Waals surface area contributed by atoms with Crippen molar-refractivity contribution >= 4 is 11.9 Å². The van der Waals surface area contributed by atoms with Crippen LogP contribution in [0.15, 0.2) is 0 Å². The normalized spacial score (nSPS) is 12.9. The maximum absolute atomic E-state index is 13.0. The number of ether oxygens (including phenoxy) is 2. The minimum absolute atomic E-state index is 0.0375. The summed E-state index contributed by atoms with van der Waals surface area (Å²) in [5.41, 5.74) is 0. The fourth-order valence-corrected chi connectivity index (χ4v) is 6.36. The van der Waals surface area contributed by atoms with E-state index in [1.54, 1.807) is 0 Å². The van der Waals surface area contributed by atoms with Crippen LogP contribution in [0.25, 0.3) is 0 Å². The zero-order valence-electron chi connectivity index (χ0n) is 32.6. The molecular weight excluding hydrogens is 584 g/mol. The molecule has 0 rings (SSSR count). The molecule has 0 amide bonds. The Balaban J connectivity index is 5.37. The minimum atomic E-state index is -0.104. The largest absolute Gasteiger partial charge is 0.461 e. The van der Waals surface area contributed by atoms with Crippen LogP contribution in [-0.2, 0) is 19.1 Å². The third-order valence-corrected chi connectivity index (χ3v) is 9.33. The molecule has 6 nitrogen and oxygen atoms in total. The number of hydrogen-bond acceptors (Lipinski definition) is 6. The summed E-state index contributed by atoms with van der Waals surface area (Å²) in [4.78, 5) is 30.7. The van der Waals surface area contributed by atoms with E-state index in [0.29, 0.717) is 12.8 Å². The van der Waals surface area contributed by atoms with Crippen molar-refractivity contribution in [2.45, 2.75) is 213 Å². The van der Waals surface area contributed by atoms with E-state index < -0.39 is 0 Å². The van der Waals surface area contributed by atoms with E-state index in [-0.39, 0.29) is 24.1 Å². The Morgan fingerprint density at radius 1 is 0.447 bits per heavy atom. The fourth-order valence-electron chi connectivity index (χ4n) is 6.36. The van der Waals surface area contributed by atoms with Gasteiger partial charge in [0.2, 0.25) is 0 Å². The molecule has 0 spiro atoms. The predicted molar refractivity (Wildman–Crippen MR) is 202 cm³/mol. The Bertz CT molecular complexity index is 636. The SMILES string of the molecule is CCCCCCCCCC(=O)OC(CCCCCC)CN(CCCN(C)C)CC(CCCCCC)OC(=O)CCCCCCCCC. The van der Waals surface area contributed by atoms with E-state index in [1.165, 1.54) is 103 Å². The highest BCUT2D eigenvalue weighted by Gasteiger charge is 2.23. The molecule has 0 saturated carbocycles.